The first kappa shape index (κ1) is 45.4. The predicted octanol–water partition coefficient (Wildman–Crippen LogP) is 1.68. The van der Waals surface area contributed by atoms with Gasteiger partial charge in [0.1, 0.15) is 59.6 Å². The molecular weight excluding hydrogens is 804 g/mol. The molecule has 0 spiro atoms. The molecule has 7 N–H and O–H groups in total. The van der Waals surface area contributed by atoms with Gasteiger partial charge in [-0.15, -0.1) is 0 Å². The number of aromatic hydroxyl groups is 1. The summed E-state index contributed by atoms with van der Waals surface area (Å²) in [4.78, 5) is 65.6. The van der Waals surface area contributed by atoms with E-state index in [1.165, 1.54) is 33.4 Å². The number of hydrogen-bond donors (Lipinski definition) is 6. The number of anilines is 1. The number of rotatable bonds is 7. The summed E-state index contributed by atoms with van der Waals surface area (Å²) in [5, 5.41) is 39.3. The van der Waals surface area contributed by atoms with E-state index in [1.54, 1.807) is 39.0 Å². The number of esters is 1. The van der Waals surface area contributed by atoms with Crippen molar-refractivity contribution in [2.45, 2.75) is 113 Å². The lowest BCUT2D eigenvalue weighted by molar-refractivity contribution is -0.236. The first-order chi connectivity index (χ1) is 27.8. The van der Waals surface area contributed by atoms with Crippen molar-refractivity contribution in [1.82, 2.24) is 10.6 Å². The number of epoxide rings is 1. The molecule has 4 amide bonds. The zero-order chi connectivity index (χ0) is 43.6. The molecule has 1 aromatic rings. The van der Waals surface area contributed by atoms with Crippen LogP contribution in [0.15, 0.2) is 35.9 Å². The largest absolute Gasteiger partial charge is 0.506 e. The number of ether oxygens (including phenoxy) is 8. The van der Waals surface area contributed by atoms with Gasteiger partial charge in [0.25, 0.3) is 0 Å². The number of phenolic OH excluding ortho intramolecular Hbond substituents is 1. The topological polar surface area (TPSA) is 276 Å². The van der Waals surface area contributed by atoms with Crippen molar-refractivity contribution >= 4 is 47.4 Å². The maximum Gasteiger partial charge on any atom is 0.409 e. The minimum absolute atomic E-state index is 0.148. The van der Waals surface area contributed by atoms with Crippen LogP contribution in [0.2, 0.25) is 5.02 Å². The fourth-order valence-corrected chi connectivity index (χ4v) is 8.03. The molecule has 3 fully saturated rings. The summed E-state index contributed by atoms with van der Waals surface area (Å²) in [5.74, 6) is -2.75. The van der Waals surface area contributed by atoms with Gasteiger partial charge < -0.3 is 64.3 Å². The molecule has 12 atom stereocenters. The van der Waals surface area contributed by atoms with Gasteiger partial charge in [-0.1, -0.05) is 42.3 Å². The third-order valence-electron chi connectivity index (χ3n) is 10.9. The molecule has 1 aromatic carbocycles. The van der Waals surface area contributed by atoms with Crippen LogP contribution in [-0.4, -0.2) is 140 Å². The van der Waals surface area contributed by atoms with Gasteiger partial charge in [0.2, 0.25) is 5.91 Å². The van der Waals surface area contributed by atoms with Crippen molar-refractivity contribution in [2.75, 3.05) is 32.8 Å². The van der Waals surface area contributed by atoms with Crippen LogP contribution in [0.4, 0.5) is 20.1 Å². The van der Waals surface area contributed by atoms with Crippen molar-refractivity contribution in [3.05, 3.63) is 46.5 Å². The molecule has 4 aliphatic heterocycles. The number of methoxy groups -OCH3 is 2. The SMILES string of the molecule is CNC(=O)O[C@H]1CC(=O)N([C@H]2O[C@@H](COC(C)=O)[C@H](OC(N)=O)[C@@H](OC)[C@@H]2O)c2cc(cc(O)c2Cl)C/C(C)=C\C=C/[C@@H](OC)[C@@]2(O)C[C@H](OC(=O)N2)[C@@H](C)[C@@H]2O[C@@]12C. The molecule has 0 saturated carbocycles. The molecule has 5 rings (SSSR count). The van der Waals surface area contributed by atoms with Gasteiger partial charge in [-0.3, -0.25) is 19.8 Å². The summed E-state index contributed by atoms with van der Waals surface area (Å²) in [5.41, 5.74) is 2.97. The van der Waals surface area contributed by atoms with E-state index in [4.69, 9.17) is 55.2 Å². The summed E-state index contributed by atoms with van der Waals surface area (Å²) >= 11 is 6.76. The molecule has 4 heterocycles. The highest BCUT2D eigenvalue weighted by atomic mass is 35.5. The number of hydrogen-bond acceptors (Lipinski definition) is 16. The van der Waals surface area contributed by atoms with E-state index < -0.39 is 121 Å². The zero-order valence-electron chi connectivity index (χ0n) is 33.5. The minimum Gasteiger partial charge on any atom is -0.506 e. The Morgan fingerprint density at radius 3 is 2.49 bits per heavy atom. The normalized spacial score (nSPS) is 36.4. The lowest BCUT2D eigenvalue weighted by Crippen LogP contribution is -2.66. The number of alkyl carbamates (subject to hydrolysis) is 2. The molecule has 20 nitrogen and oxygen atoms in total. The first-order valence-corrected chi connectivity index (χ1v) is 19.1. The number of fused-ring (bicyclic) bond motifs is 5. The van der Waals surface area contributed by atoms with E-state index in [0.717, 1.165) is 11.8 Å². The standard InChI is InChI=1S/C38H51ClN4O16/c1-17-9-8-10-25(52-6)38(51)15-23(56-36(50)42-38)18(2)32-37(4,59-32)26(57-35(49)41-5)14-27(46)43(21-12-20(11-17)13-22(45)28(21)39)33-29(47)31(53-7)30(58-34(40)48)24(55-33)16-54-19(3)44/h8-10,12-13,18,23-26,29-33,45,47,51H,11,14-16H2,1-7H3,(H2,40,48)(H,41,49)(H,42,50)/b10-8-,17-9-/t18-,23+,24+,25-,26+,29+,30+,31+,32+,33+,37+,38+/m1/s1. The Hall–Kier alpha value is -4.70. The number of benzene rings is 1. The van der Waals surface area contributed by atoms with Gasteiger partial charge in [-0.05, 0) is 38.0 Å². The highest BCUT2D eigenvalue weighted by molar-refractivity contribution is 6.35. The van der Waals surface area contributed by atoms with Crippen LogP contribution in [0.3, 0.4) is 0 Å². The van der Waals surface area contributed by atoms with Crippen LogP contribution in [0, 0.1) is 5.92 Å². The predicted molar refractivity (Wildman–Crippen MR) is 204 cm³/mol. The van der Waals surface area contributed by atoms with Crippen LogP contribution < -0.4 is 21.3 Å². The van der Waals surface area contributed by atoms with Crippen molar-refractivity contribution in [3.8, 4) is 5.75 Å². The minimum atomic E-state index is -1.92. The number of carbonyl (C=O) groups is 5. The van der Waals surface area contributed by atoms with Gasteiger partial charge in [-0.2, -0.15) is 0 Å². The third kappa shape index (κ3) is 9.86. The lowest BCUT2D eigenvalue weighted by Gasteiger charge is -2.47. The van der Waals surface area contributed by atoms with Crippen molar-refractivity contribution in [1.29, 1.82) is 0 Å². The molecule has 326 valence electrons. The number of nitrogens with zero attached hydrogens (tertiary/aromatic N) is 1. The second kappa shape index (κ2) is 18.3. The Labute approximate surface area is 344 Å². The molecule has 4 aliphatic rings. The van der Waals surface area contributed by atoms with E-state index >= 15 is 4.79 Å². The molecule has 0 aromatic heterocycles. The number of nitrogens with one attached hydrogen (secondary N) is 2. The van der Waals surface area contributed by atoms with Gasteiger partial charge in [0.05, 0.1) is 18.2 Å². The summed E-state index contributed by atoms with van der Waals surface area (Å²) in [6.07, 6.45) is -11.0. The first-order valence-electron chi connectivity index (χ1n) is 18.7. The van der Waals surface area contributed by atoms with E-state index in [0.29, 0.717) is 11.1 Å². The Kier molecular flexibility index (Phi) is 14.1. The van der Waals surface area contributed by atoms with Crippen molar-refractivity contribution in [2.24, 2.45) is 11.7 Å². The summed E-state index contributed by atoms with van der Waals surface area (Å²) in [7, 11) is 3.87. The summed E-state index contributed by atoms with van der Waals surface area (Å²) in [6, 6.07) is 2.85. The average molecular weight is 855 g/mol. The number of allylic oxidation sites excluding steroid dienone is 3. The number of primary amides is 1. The second-order valence-electron chi connectivity index (χ2n) is 15.0. The van der Waals surface area contributed by atoms with Crippen molar-refractivity contribution in [3.63, 3.8) is 0 Å². The summed E-state index contributed by atoms with van der Waals surface area (Å²) in [6.45, 7) is 5.63. The second-order valence-corrected chi connectivity index (χ2v) is 15.4. The Bertz CT molecular complexity index is 1850. The van der Waals surface area contributed by atoms with E-state index in [-0.39, 0.29) is 23.6 Å². The van der Waals surface area contributed by atoms with Crippen LogP contribution in [0.1, 0.15) is 46.1 Å². The zero-order valence-corrected chi connectivity index (χ0v) is 34.3. The van der Waals surface area contributed by atoms with E-state index in [9.17, 15) is 34.5 Å². The Morgan fingerprint density at radius 1 is 1.15 bits per heavy atom. The number of phenols is 1. The van der Waals surface area contributed by atoms with Gasteiger partial charge in [0.15, 0.2) is 18.1 Å². The quantitative estimate of drug-likeness (QED) is 0.129. The highest BCUT2D eigenvalue weighted by Gasteiger charge is 2.65. The molecule has 0 radical (unpaired) electrons. The smallest absolute Gasteiger partial charge is 0.409 e. The summed E-state index contributed by atoms with van der Waals surface area (Å²) < 4.78 is 45.4. The van der Waals surface area contributed by atoms with Crippen LogP contribution in [0.5, 0.6) is 5.75 Å². The molecule has 59 heavy (non-hydrogen) atoms. The maximum atomic E-state index is 15.0. The molecular formula is C38H51ClN4O16. The monoisotopic (exact) mass is 854 g/mol. The number of nitrogens with two attached hydrogens (primary N) is 1. The number of aliphatic hydroxyl groups is 2. The maximum absolute atomic E-state index is 15.0. The number of aliphatic hydroxyl groups excluding tert-OH is 1. The molecule has 0 unspecified atom stereocenters. The molecule has 4 bridgehead atoms. The van der Waals surface area contributed by atoms with Crippen LogP contribution in [-0.2, 0) is 53.9 Å². The highest BCUT2D eigenvalue weighted by Crippen LogP contribution is 2.49. The fraction of sp³-hybridized carbons (Fsp3) is 0.605. The molecule has 3 saturated heterocycles. The van der Waals surface area contributed by atoms with Gasteiger partial charge in [-0.25, -0.2) is 14.4 Å². The fourth-order valence-electron chi connectivity index (χ4n) is 7.83. The van der Waals surface area contributed by atoms with E-state index in [2.05, 4.69) is 10.6 Å². The third-order valence-corrected chi connectivity index (χ3v) is 11.2. The van der Waals surface area contributed by atoms with Crippen LogP contribution in [0.25, 0.3) is 0 Å². The Morgan fingerprint density at radius 2 is 1.86 bits per heavy atom. The van der Waals surface area contributed by atoms with Gasteiger partial charge >= 0.3 is 24.2 Å². The number of amides is 4. The average Bonchev–Trinajstić information content (AvgIpc) is 3.86. The molecule has 21 heteroatoms. The van der Waals surface area contributed by atoms with Gasteiger partial charge in [0, 0.05) is 40.5 Å². The van der Waals surface area contributed by atoms with E-state index in [1.807, 2.05) is 0 Å². The molecule has 0 aliphatic carbocycles. The number of carbonyl (C=O) groups excluding carboxylic acids is 5. The number of halogens is 1. The van der Waals surface area contributed by atoms with Crippen LogP contribution >= 0.6 is 11.6 Å². The lowest BCUT2D eigenvalue weighted by atomic mass is 9.83. The van der Waals surface area contributed by atoms with Crippen molar-refractivity contribution < 1.29 is 77.2 Å². The Balaban J connectivity index is 1.68.